The SMILES string of the molecule is CCOC(=O)c1cc2cc(NC(=O)[C@@H]3[C@@H](OCc4ccccc4)CCN3C(=O)C3CCC([C@@H](CF)NC(=O)OC(C)(C)C)CC3)ccc2o1. The Balaban J connectivity index is 1.27. The zero-order valence-corrected chi connectivity index (χ0v) is 28.5. The first-order valence-electron chi connectivity index (χ1n) is 17.0. The van der Waals surface area contributed by atoms with Crippen molar-refractivity contribution in [3.63, 3.8) is 0 Å². The summed E-state index contributed by atoms with van der Waals surface area (Å²) in [7, 11) is 0. The van der Waals surface area contributed by atoms with E-state index in [-0.39, 0.29) is 42.6 Å². The number of hydrogen-bond donors (Lipinski definition) is 2. The van der Waals surface area contributed by atoms with Gasteiger partial charge in [0.25, 0.3) is 0 Å². The highest BCUT2D eigenvalue weighted by Gasteiger charge is 2.45. The average molecular weight is 680 g/mol. The minimum Gasteiger partial charge on any atom is -0.460 e. The lowest BCUT2D eigenvalue weighted by Crippen LogP contribution is -2.51. The standard InChI is InChI=1S/C37H46FN3O8/c1-5-46-35(44)31-20-26-19-27(15-16-29(26)48-31)39-33(42)32-30(47-22-23-9-7-6-8-10-23)17-18-41(32)34(43)25-13-11-24(12-14-25)28(21-38)40-36(45)49-37(2,3)4/h6-10,15-16,19-20,24-25,28,30,32H,5,11-14,17-18,21-22H2,1-4H3,(H,39,42)(H,40,45)/t24?,25?,28-,30+,32+/m1/s1. The highest BCUT2D eigenvalue weighted by atomic mass is 19.1. The number of likely N-dealkylation sites (tertiary alicyclic amines) is 1. The number of benzene rings is 2. The van der Waals surface area contributed by atoms with Crippen molar-refractivity contribution in [1.82, 2.24) is 10.2 Å². The van der Waals surface area contributed by atoms with Gasteiger partial charge in [0.05, 0.1) is 25.4 Å². The van der Waals surface area contributed by atoms with Gasteiger partial charge in [-0.3, -0.25) is 9.59 Å². The van der Waals surface area contributed by atoms with Crippen molar-refractivity contribution < 1.29 is 42.2 Å². The highest BCUT2D eigenvalue weighted by molar-refractivity contribution is 6.00. The van der Waals surface area contributed by atoms with Gasteiger partial charge in [-0.1, -0.05) is 30.3 Å². The average Bonchev–Trinajstić information content (AvgIpc) is 3.70. The fourth-order valence-corrected chi connectivity index (χ4v) is 6.66. The molecule has 1 aromatic heterocycles. The summed E-state index contributed by atoms with van der Waals surface area (Å²) >= 11 is 0. The molecule has 1 saturated heterocycles. The zero-order chi connectivity index (χ0) is 35.1. The minimum absolute atomic E-state index is 0.0652. The van der Waals surface area contributed by atoms with Crippen LogP contribution in [0.2, 0.25) is 0 Å². The number of furan rings is 1. The third-order valence-corrected chi connectivity index (χ3v) is 9.02. The molecule has 49 heavy (non-hydrogen) atoms. The van der Waals surface area contributed by atoms with Crippen LogP contribution in [0.25, 0.3) is 11.0 Å². The van der Waals surface area contributed by atoms with Crippen molar-refractivity contribution in [1.29, 1.82) is 0 Å². The first kappa shape index (κ1) is 35.8. The molecule has 2 aromatic carbocycles. The normalized spacial score (nSPS) is 21.6. The summed E-state index contributed by atoms with van der Waals surface area (Å²) in [6.45, 7) is 7.08. The number of carbonyl (C=O) groups is 4. The summed E-state index contributed by atoms with van der Waals surface area (Å²) in [5.74, 6) is -1.50. The molecular weight excluding hydrogens is 633 g/mol. The predicted octanol–water partition coefficient (Wildman–Crippen LogP) is 6.40. The Hall–Kier alpha value is -4.45. The van der Waals surface area contributed by atoms with Crippen molar-refractivity contribution in [2.24, 2.45) is 11.8 Å². The number of alkyl halides is 1. The lowest BCUT2D eigenvalue weighted by atomic mass is 9.78. The Bertz CT molecular complexity index is 1610. The Kier molecular flexibility index (Phi) is 11.6. The molecule has 11 nitrogen and oxygen atoms in total. The maximum atomic E-state index is 14.0. The van der Waals surface area contributed by atoms with Crippen LogP contribution in [0.4, 0.5) is 14.9 Å². The van der Waals surface area contributed by atoms with E-state index in [4.69, 9.17) is 18.6 Å². The molecule has 2 fully saturated rings. The van der Waals surface area contributed by atoms with E-state index in [1.165, 1.54) is 0 Å². The number of anilines is 1. The van der Waals surface area contributed by atoms with Crippen molar-refractivity contribution in [3.05, 3.63) is 65.9 Å². The molecule has 2 heterocycles. The maximum absolute atomic E-state index is 14.0. The maximum Gasteiger partial charge on any atom is 0.407 e. The number of nitrogens with zero attached hydrogens (tertiary/aromatic N) is 1. The molecule has 0 bridgehead atoms. The van der Waals surface area contributed by atoms with Crippen LogP contribution in [0.3, 0.4) is 0 Å². The molecular formula is C37H46FN3O8. The van der Waals surface area contributed by atoms with Gasteiger partial charge in [-0.05, 0) is 95.5 Å². The summed E-state index contributed by atoms with van der Waals surface area (Å²) < 4.78 is 36.2. The molecule has 0 radical (unpaired) electrons. The second-order valence-electron chi connectivity index (χ2n) is 13.7. The van der Waals surface area contributed by atoms with Crippen LogP contribution in [0.1, 0.15) is 75.9 Å². The van der Waals surface area contributed by atoms with E-state index < -0.39 is 42.5 Å². The Labute approximate surface area is 285 Å². The first-order valence-corrected chi connectivity index (χ1v) is 17.0. The molecule has 3 atom stereocenters. The molecule has 1 aliphatic carbocycles. The lowest BCUT2D eigenvalue weighted by Gasteiger charge is -2.35. The van der Waals surface area contributed by atoms with Gasteiger partial charge < -0.3 is 34.2 Å². The van der Waals surface area contributed by atoms with Gasteiger partial charge in [-0.15, -0.1) is 0 Å². The van der Waals surface area contributed by atoms with Crippen LogP contribution < -0.4 is 10.6 Å². The van der Waals surface area contributed by atoms with Gasteiger partial charge in [-0.25, -0.2) is 14.0 Å². The largest absolute Gasteiger partial charge is 0.460 e. The second-order valence-corrected chi connectivity index (χ2v) is 13.7. The fourth-order valence-electron chi connectivity index (χ4n) is 6.66. The van der Waals surface area contributed by atoms with Gasteiger partial charge in [0.1, 0.15) is 23.9 Å². The number of ether oxygens (including phenoxy) is 3. The predicted molar refractivity (Wildman–Crippen MR) is 181 cm³/mol. The molecule has 12 heteroatoms. The first-order chi connectivity index (χ1) is 23.5. The third kappa shape index (κ3) is 9.17. The minimum atomic E-state index is -0.878. The monoisotopic (exact) mass is 679 g/mol. The number of alkyl carbamates (subject to hydrolysis) is 1. The number of esters is 1. The fraction of sp³-hybridized carbons (Fsp3) is 0.514. The van der Waals surface area contributed by atoms with Gasteiger partial charge >= 0.3 is 12.1 Å². The number of carbonyl (C=O) groups excluding carboxylic acids is 4. The Morgan fingerprint density at radius 3 is 2.41 bits per heavy atom. The number of hydrogen-bond acceptors (Lipinski definition) is 8. The van der Waals surface area contributed by atoms with E-state index in [2.05, 4.69) is 10.6 Å². The van der Waals surface area contributed by atoms with E-state index in [1.54, 1.807) is 56.9 Å². The van der Waals surface area contributed by atoms with E-state index in [9.17, 15) is 23.6 Å². The molecule has 0 unspecified atom stereocenters. The smallest absolute Gasteiger partial charge is 0.407 e. The highest BCUT2D eigenvalue weighted by Crippen LogP contribution is 2.35. The van der Waals surface area contributed by atoms with Gasteiger partial charge in [0, 0.05) is 23.5 Å². The molecule has 264 valence electrons. The Morgan fingerprint density at radius 2 is 1.73 bits per heavy atom. The number of rotatable bonds is 11. The van der Waals surface area contributed by atoms with Gasteiger partial charge in [0.15, 0.2) is 0 Å². The zero-order valence-electron chi connectivity index (χ0n) is 28.5. The van der Waals surface area contributed by atoms with Gasteiger partial charge in [0.2, 0.25) is 17.6 Å². The number of nitrogens with one attached hydrogen (secondary N) is 2. The topological polar surface area (TPSA) is 136 Å². The van der Waals surface area contributed by atoms with Crippen LogP contribution in [0.15, 0.2) is 59.0 Å². The third-order valence-electron chi connectivity index (χ3n) is 9.02. The Morgan fingerprint density at radius 1 is 1.00 bits per heavy atom. The summed E-state index contributed by atoms with van der Waals surface area (Å²) in [6, 6.07) is 14.7. The number of amides is 3. The van der Waals surface area contributed by atoms with E-state index in [0.717, 1.165) is 5.56 Å². The van der Waals surface area contributed by atoms with E-state index >= 15 is 0 Å². The van der Waals surface area contributed by atoms with Crippen LogP contribution in [0, 0.1) is 11.8 Å². The molecule has 0 spiro atoms. The molecule has 5 rings (SSSR count). The van der Waals surface area contributed by atoms with E-state index in [0.29, 0.717) is 55.3 Å². The number of fused-ring (bicyclic) bond motifs is 1. The molecule has 2 N–H and O–H groups in total. The molecule has 2 aliphatic rings. The van der Waals surface area contributed by atoms with Crippen molar-refractivity contribution >= 4 is 40.5 Å². The second kappa shape index (κ2) is 15.8. The molecule has 3 aromatic rings. The van der Waals surface area contributed by atoms with Crippen LogP contribution >= 0.6 is 0 Å². The van der Waals surface area contributed by atoms with Crippen LogP contribution in [-0.4, -0.2) is 72.4 Å². The van der Waals surface area contributed by atoms with E-state index in [1.807, 2.05) is 30.3 Å². The van der Waals surface area contributed by atoms with Crippen LogP contribution in [0.5, 0.6) is 0 Å². The van der Waals surface area contributed by atoms with Gasteiger partial charge in [-0.2, -0.15) is 0 Å². The summed E-state index contributed by atoms with van der Waals surface area (Å²) in [5, 5.41) is 6.23. The van der Waals surface area contributed by atoms with Crippen LogP contribution in [-0.2, 0) is 30.4 Å². The molecule has 3 amide bonds. The molecule has 1 aliphatic heterocycles. The van der Waals surface area contributed by atoms with Crippen molar-refractivity contribution in [2.45, 2.75) is 90.2 Å². The lowest BCUT2D eigenvalue weighted by molar-refractivity contribution is -0.144. The quantitative estimate of drug-likeness (QED) is 0.222. The number of halogens is 1. The molecule has 1 saturated carbocycles. The summed E-state index contributed by atoms with van der Waals surface area (Å²) in [5.41, 5.74) is 1.20. The van der Waals surface area contributed by atoms with Crippen molar-refractivity contribution in [2.75, 3.05) is 25.1 Å². The van der Waals surface area contributed by atoms with Crippen molar-refractivity contribution in [3.8, 4) is 0 Å². The summed E-state index contributed by atoms with van der Waals surface area (Å²) in [6.07, 6.45) is 1.41. The summed E-state index contributed by atoms with van der Waals surface area (Å²) in [4.78, 5) is 54.1.